The molecule has 4 rings (SSSR count). The number of aliphatic hydroxyl groups is 1. The van der Waals surface area contributed by atoms with Crippen LogP contribution in [-0.4, -0.2) is 56.7 Å². The van der Waals surface area contributed by atoms with Gasteiger partial charge in [-0.25, -0.2) is 13.8 Å². The fourth-order valence-electron chi connectivity index (χ4n) is 4.10. The molecule has 1 fully saturated rings. The molecular weight excluding hydrogens is 386 g/mol. The van der Waals surface area contributed by atoms with E-state index in [4.69, 9.17) is 0 Å². The summed E-state index contributed by atoms with van der Waals surface area (Å²) in [5, 5.41) is 9.55. The van der Waals surface area contributed by atoms with Crippen LogP contribution in [0.25, 0.3) is 5.82 Å². The Morgan fingerprint density at radius 3 is 2.67 bits per heavy atom. The third-order valence-corrected chi connectivity index (χ3v) is 5.64. The number of aromatic nitrogens is 2. The number of rotatable bonds is 7. The van der Waals surface area contributed by atoms with Crippen molar-refractivity contribution >= 4 is 0 Å². The lowest BCUT2D eigenvalue weighted by molar-refractivity contribution is 0.0491. The van der Waals surface area contributed by atoms with Crippen LogP contribution in [0.15, 0.2) is 60.9 Å². The lowest BCUT2D eigenvalue weighted by atomic mass is 10.1. The van der Waals surface area contributed by atoms with Gasteiger partial charge in [0.15, 0.2) is 11.6 Å². The lowest BCUT2D eigenvalue weighted by Gasteiger charge is -2.41. The first-order valence-electron chi connectivity index (χ1n) is 10.2. The predicted molar refractivity (Wildman–Crippen MR) is 111 cm³/mol. The Morgan fingerprint density at radius 1 is 1.00 bits per heavy atom. The average molecular weight is 412 g/mol. The van der Waals surface area contributed by atoms with Crippen LogP contribution >= 0.6 is 0 Å². The summed E-state index contributed by atoms with van der Waals surface area (Å²) in [7, 11) is 0. The number of pyridine rings is 1. The predicted octanol–water partition coefficient (Wildman–Crippen LogP) is 3.22. The van der Waals surface area contributed by atoms with Gasteiger partial charge in [0.25, 0.3) is 0 Å². The zero-order valence-corrected chi connectivity index (χ0v) is 16.8. The smallest absolute Gasteiger partial charge is 0.159 e. The molecule has 0 amide bonds. The van der Waals surface area contributed by atoms with Gasteiger partial charge in [-0.3, -0.25) is 9.80 Å². The topological polar surface area (TPSA) is 44.5 Å². The van der Waals surface area contributed by atoms with Gasteiger partial charge >= 0.3 is 0 Å². The van der Waals surface area contributed by atoms with Gasteiger partial charge in [0.2, 0.25) is 0 Å². The highest BCUT2D eigenvalue weighted by atomic mass is 19.2. The summed E-state index contributed by atoms with van der Waals surface area (Å²) in [5.74, 6) is -0.757. The SMILES string of the molecule is OCCC1CN(Cc2cccn2-c2ccccn2)CCN1Cc1ccc(F)c(F)c1. The standard InChI is InChI=1S/C23H26F2N4O/c24-21-7-6-18(14-22(21)25)15-28-12-11-27(16-19(28)8-13-30)17-20-4-3-10-29(20)23-5-1-2-9-26-23/h1-7,9-10,14,19,30H,8,11-13,15-17H2. The summed E-state index contributed by atoms with van der Waals surface area (Å²) in [4.78, 5) is 9.06. The molecule has 2 aromatic heterocycles. The number of aliphatic hydroxyl groups excluding tert-OH is 1. The quantitative estimate of drug-likeness (QED) is 0.647. The molecule has 0 saturated carbocycles. The Hall–Kier alpha value is -2.61. The second-order valence-electron chi connectivity index (χ2n) is 7.68. The van der Waals surface area contributed by atoms with Crippen molar-refractivity contribution in [1.29, 1.82) is 0 Å². The number of halogens is 2. The average Bonchev–Trinajstić information content (AvgIpc) is 3.21. The molecule has 158 valence electrons. The largest absolute Gasteiger partial charge is 0.396 e. The van der Waals surface area contributed by atoms with Crippen molar-refractivity contribution < 1.29 is 13.9 Å². The first-order chi connectivity index (χ1) is 14.6. The van der Waals surface area contributed by atoms with E-state index in [2.05, 4.69) is 25.4 Å². The molecule has 3 heterocycles. The van der Waals surface area contributed by atoms with Crippen molar-refractivity contribution in [3.8, 4) is 5.82 Å². The first-order valence-corrected chi connectivity index (χ1v) is 10.2. The molecule has 0 radical (unpaired) electrons. The molecule has 1 N–H and O–H groups in total. The molecule has 1 aromatic carbocycles. The Kier molecular flexibility index (Phi) is 6.52. The van der Waals surface area contributed by atoms with Crippen molar-refractivity contribution in [2.75, 3.05) is 26.2 Å². The molecule has 1 aliphatic rings. The first kappa shape index (κ1) is 20.7. The highest BCUT2D eigenvalue weighted by Crippen LogP contribution is 2.20. The van der Waals surface area contributed by atoms with Crippen LogP contribution in [0.2, 0.25) is 0 Å². The van der Waals surface area contributed by atoms with E-state index in [9.17, 15) is 13.9 Å². The van der Waals surface area contributed by atoms with Crippen molar-refractivity contribution in [2.45, 2.75) is 25.6 Å². The summed E-state index contributed by atoms with van der Waals surface area (Å²) in [6, 6.07) is 14.2. The second kappa shape index (κ2) is 9.47. The van der Waals surface area contributed by atoms with Crippen molar-refractivity contribution in [1.82, 2.24) is 19.4 Å². The molecule has 1 atom stereocenters. The van der Waals surface area contributed by atoms with E-state index in [-0.39, 0.29) is 12.6 Å². The number of hydrogen-bond acceptors (Lipinski definition) is 4. The molecule has 30 heavy (non-hydrogen) atoms. The minimum Gasteiger partial charge on any atom is -0.396 e. The van der Waals surface area contributed by atoms with Gasteiger partial charge < -0.3 is 9.67 Å². The lowest BCUT2D eigenvalue weighted by Crippen LogP contribution is -2.52. The van der Waals surface area contributed by atoms with Crippen LogP contribution in [0, 0.1) is 11.6 Å². The maximum atomic E-state index is 13.6. The molecule has 0 aliphatic carbocycles. The monoisotopic (exact) mass is 412 g/mol. The van der Waals surface area contributed by atoms with Crippen molar-refractivity contribution in [3.05, 3.63) is 83.8 Å². The van der Waals surface area contributed by atoms with Crippen LogP contribution in [0.1, 0.15) is 17.7 Å². The van der Waals surface area contributed by atoms with E-state index in [0.717, 1.165) is 43.3 Å². The third kappa shape index (κ3) is 4.75. The van der Waals surface area contributed by atoms with Crippen LogP contribution in [-0.2, 0) is 13.1 Å². The highest BCUT2D eigenvalue weighted by Gasteiger charge is 2.27. The van der Waals surface area contributed by atoms with Gasteiger partial charge in [-0.05, 0) is 48.4 Å². The molecular formula is C23H26F2N4O. The molecule has 0 bridgehead atoms. The summed E-state index contributed by atoms with van der Waals surface area (Å²) >= 11 is 0. The molecule has 3 aromatic rings. The fraction of sp³-hybridized carbons (Fsp3) is 0.348. The summed E-state index contributed by atoms with van der Waals surface area (Å²) in [6.45, 7) is 3.88. The van der Waals surface area contributed by atoms with Crippen molar-refractivity contribution in [3.63, 3.8) is 0 Å². The van der Waals surface area contributed by atoms with E-state index in [1.807, 2.05) is 30.5 Å². The number of benzene rings is 1. The van der Waals surface area contributed by atoms with E-state index >= 15 is 0 Å². The number of piperazine rings is 1. The Bertz CT molecular complexity index is 963. The molecule has 1 saturated heterocycles. The van der Waals surface area contributed by atoms with Gasteiger partial charge in [0, 0.05) is 63.5 Å². The second-order valence-corrected chi connectivity index (χ2v) is 7.68. The van der Waals surface area contributed by atoms with Gasteiger partial charge in [0.1, 0.15) is 5.82 Å². The van der Waals surface area contributed by atoms with E-state index in [1.165, 1.54) is 12.1 Å². The van der Waals surface area contributed by atoms with Crippen molar-refractivity contribution in [2.24, 2.45) is 0 Å². The minimum atomic E-state index is -0.827. The maximum Gasteiger partial charge on any atom is 0.159 e. The Labute approximate surface area is 175 Å². The van der Waals surface area contributed by atoms with Crippen LogP contribution in [0.5, 0.6) is 0 Å². The Balaban J connectivity index is 1.43. The van der Waals surface area contributed by atoms with E-state index < -0.39 is 11.6 Å². The molecule has 1 aliphatic heterocycles. The molecule has 5 nitrogen and oxygen atoms in total. The molecule has 1 unspecified atom stereocenters. The highest BCUT2D eigenvalue weighted by molar-refractivity contribution is 5.27. The summed E-state index contributed by atoms with van der Waals surface area (Å²) in [5.41, 5.74) is 1.90. The Morgan fingerprint density at radius 2 is 1.90 bits per heavy atom. The summed E-state index contributed by atoms with van der Waals surface area (Å²) in [6.07, 6.45) is 4.44. The maximum absolute atomic E-state index is 13.6. The zero-order chi connectivity index (χ0) is 20.9. The third-order valence-electron chi connectivity index (χ3n) is 5.64. The van der Waals surface area contributed by atoms with Gasteiger partial charge in [-0.2, -0.15) is 0 Å². The van der Waals surface area contributed by atoms with Gasteiger partial charge in [0.05, 0.1) is 0 Å². The molecule has 0 spiro atoms. The number of nitrogens with zero attached hydrogens (tertiary/aromatic N) is 4. The normalized spacial score (nSPS) is 18.0. The van der Waals surface area contributed by atoms with Gasteiger partial charge in [-0.15, -0.1) is 0 Å². The van der Waals surface area contributed by atoms with Crippen LogP contribution in [0.3, 0.4) is 0 Å². The zero-order valence-electron chi connectivity index (χ0n) is 16.8. The minimum absolute atomic E-state index is 0.0943. The van der Waals surface area contributed by atoms with Gasteiger partial charge in [-0.1, -0.05) is 12.1 Å². The summed E-state index contributed by atoms with van der Waals surface area (Å²) < 4.78 is 28.9. The fourth-order valence-corrected chi connectivity index (χ4v) is 4.10. The van der Waals surface area contributed by atoms with Crippen LogP contribution in [0.4, 0.5) is 8.78 Å². The van der Waals surface area contributed by atoms with Crippen LogP contribution < -0.4 is 0 Å². The van der Waals surface area contributed by atoms with E-state index in [0.29, 0.717) is 13.0 Å². The molecule has 7 heteroatoms. The van der Waals surface area contributed by atoms with E-state index in [1.54, 1.807) is 12.3 Å². The number of hydrogen-bond donors (Lipinski definition) is 1.